The van der Waals surface area contributed by atoms with E-state index in [9.17, 15) is 0 Å². The molecule has 0 fully saturated rings. The summed E-state index contributed by atoms with van der Waals surface area (Å²) in [6, 6.07) is 6.38. The molecule has 1 aromatic carbocycles. The number of anilines is 1. The van der Waals surface area contributed by atoms with Crippen LogP contribution in [0.5, 0.6) is 0 Å². The van der Waals surface area contributed by atoms with Crippen molar-refractivity contribution in [1.29, 1.82) is 0 Å². The van der Waals surface area contributed by atoms with Crippen molar-refractivity contribution in [3.05, 3.63) is 18.2 Å². The van der Waals surface area contributed by atoms with Gasteiger partial charge in [0.15, 0.2) is 5.13 Å². The zero-order valence-corrected chi connectivity index (χ0v) is 9.13. The number of hydrogen-bond donors (Lipinski definition) is 1. The minimum absolute atomic E-state index is 0.980. The third-order valence-corrected chi connectivity index (χ3v) is 3.59. The smallest absolute Gasteiger partial charge is 0.183 e. The number of thioether (sulfide) groups is 1. The highest BCUT2D eigenvalue weighted by atomic mass is 32.2. The molecule has 0 bridgehead atoms. The molecule has 13 heavy (non-hydrogen) atoms. The predicted octanol–water partition coefficient (Wildman–Crippen LogP) is 3.06. The second-order valence-corrected chi connectivity index (χ2v) is 4.51. The molecular formula is C9H10N2S2. The van der Waals surface area contributed by atoms with Crippen LogP contribution in [0.3, 0.4) is 0 Å². The van der Waals surface area contributed by atoms with Crippen molar-refractivity contribution in [3.8, 4) is 0 Å². The lowest BCUT2D eigenvalue weighted by molar-refractivity contribution is 1.39. The molecular weight excluding hydrogens is 200 g/mol. The van der Waals surface area contributed by atoms with E-state index in [1.807, 2.05) is 7.05 Å². The Balaban J connectivity index is 2.57. The van der Waals surface area contributed by atoms with Crippen LogP contribution in [0.2, 0.25) is 0 Å². The van der Waals surface area contributed by atoms with Crippen molar-refractivity contribution in [2.75, 3.05) is 18.6 Å². The van der Waals surface area contributed by atoms with Crippen molar-refractivity contribution >= 4 is 38.4 Å². The fraction of sp³-hybridized carbons (Fsp3) is 0.222. The Morgan fingerprint density at radius 1 is 1.46 bits per heavy atom. The molecule has 0 spiro atoms. The number of fused-ring (bicyclic) bond motifs is 1. The molecule has 0 aliphatic heterocycles. The third kappa shape index (κ3) is 1.64. The maximum atomic E-state index is 4.43. The molecule has 2 rings (SSSR count). The Bertz CT molecular complexity index is 420. The summed E-state index contributed by atoms with van der Waals surface area (Å²) in [5, 5.41) is 4.03. The van der Waals surface area contributed by atoms with Gasteiger partial charge in [-0.25, -0.2) is 4.98 Å². The molecule has 0 amide bonds. The van der Waals surface area contributed by atoms with Crippen LogP contribution >= 0.6 is 23.1 Å². The topological polar surface area (TPSA) is 24.9 Å². The molecule has 0 aliphatic carbocycles. The van der Waals surface area contributed by atoms with Crippen molar-refractivity contribution in [2.24, 2.45) is 0 Å². The molecule has 1 aromatic heterocycles. The van der Waals surface area contributed by atoms with E-state index in [1.165, 1.54) is 9.60 Å². The van der Waals surface area contributed by atoms with Gasteiger partial charge in [0.25, 0.3) is 0 Å². The summed E-state index contributed by atoms with van der Waals surface area (Å²) in [5.41, 5.74) is 1.08. The first-order chi connectivity index (χ1) is 6.33. The number of benzene rings is 1. The highest BCUT2D eigenvalue weighted by Gasteiger charge is 2.02. The van der Waals surface area contributed by atoms with Gasteiger partial charge in [-0.2, -0.15) is 0 Å². The van der Waals surface area contributed by atoms with Crippen LogP contribution in [-0.4, -0.2) is 18.3 Å². The Morgan fingerprint density at radius 2 is 2.31 bits per heavy atom. The number of nitrogens with one attached hydrogen (secondary N) is 1. The van der Waals surface area contributed by atoms with Crippen molar-refractivity contribution in [2.45, 2.75) is 4.90 Å². The van der Waals surface area contributed by atoms with Gasteiger partial charge in [0, 0.05) is 11.9 Å². The molecule has 1 heterocycles. The second kappa shape index (κ2) is 3.55. The van der Waals surface area contributed by atoms with E-state index in [1.54, 1.807) is 23.1 Å². The SMILES string of the molecule is CNc1nc2cc(SC)ccc2s1. The fourth-order valence-corrected chi connectivity index (χ4v) is 2.37. The van der Waals surface area contributed by atoms with E-state index >= 15 is 0 Å². The standard InChI is InChI=1S/C9H10N2S2/c1-10-9-11-7-5-6(12-2)3-4-8(7)13-9/h3-5H,1-2H3,(H,10,11). The quantitative estimate of drug-likeness (QED) is 0.771. The average Bonchev–Trinajstić information content (AvgIpc) is 2.58. The van der Waals surface area contributed by atoms with Crippen LogP contribution in [0.25, 0.3) is 10.2 Å². The minimum Gasteiger partial charge on any atom is -0.365 e. The Morgan fingerprint density at radius 3 is 3.00 bits per heavy atom. The van der Waals surface area contributed by atoms with Crippen LogP contribution in [0.1, 0.15) is 0 Å². The predicted molar refractivity (Wildman–Crippen MR) is 60.9 cm³/mol. The third-order valence-electron chi connectivity index (χ3n) is 1.81. The molecule has 0 saturated heterocycles. The lowest BCUT2D eigenvalue weighted by Gasteiger charge is -1.92. The summed E-state index contributed by atoms with van der Waals surface area (Å²) >= 11 is 3.43. The van der Waals surface area contributed by atoms with E-state index in [2.05, 4.69) is 34.8 Å². The van der Waals surface area contributed by atoms with Gasteiger partial charge in [-0.05, 0) is 24.5 Å². The molecule has 0 atom stereocenters. The summed E-state index contributed by atoms with van der Waals surface area (Å²) < 4.78 is 1.24. The Kier molecular flexibility index (Phi) is 2.42. The van der Waals surface area contributed by atoms with Gasteiger partial charge in [-0.1, -0.05) is 11.3 Å². The lowest BCUT2D eigenvalue weighted by Crippen LogP contribution is -1.83. The van der Waals surface area contributed by atoms with Crippen LogP contribution < -0.4 is 5.32 Å². The molecule has 2 nitrogen and oxygen atoms in total. The molecule has 0 radical (unpaired) electrons. The first-order valence-corrected chi connectivity index (χ1v) is 6.00. The van der Waals surface area contributed by atoms with Gasteiger partial charge < -0.3 is 5.32 Å². The van der Waals surface area contributed by atoms with E-state index < -0.39 is 0 Å². The summed E-state index contributed by atoms with van der Waals surface area (Å²) in [5.74, 6) is 0. The average molecular weight is 210 g/mol. The molecule has 4 heteroatoms. The van der Waals surface area contributed by atoms with E-state index in [0.29, 0.717) is 0 Å². The van der Waals surface area contributed by atoms with Crippen molar-refractivity contribution in [1.82, 2.24) is 4.98 Å². The molecule has 0 aliphatic rings. The van der Waals surface area contributed by atoms with Crippen molar-refractivity contribution in [3.63, 3.8) is 0 Å². The maximum absolute atomic E-state index is 4.43. The highest BCUT2D eigenvalue weighted by Crippen LogP contribution is 2.28. The lowest BCUT2D eigenvalue weighted by atomic mass is 10.3. The number of rotatable bonds is 2. The molecule has 0 saturated carbocycles. The van der Waals surface area contributed by atoms with Crippen LogP contribution in [0.4, 0.5) is 5.13 Å². The Hall–Kier alpha value is -0.740. The Labute approximate surface area is 85.4 Å². The van der Waals surface area contributed by atoms with Gasteiger partial charge in [0.2, 0.25) is 0 Å². The van der Waals surface area contributed by atoms with Crippen LogP contribution in [0, 0.1) is 0 Å². The minimum atomic E-state index is 0.980. The number of aromatic nitrogens is 1. The van der Waals surface area contributed by atoms with Crippen LogP contribution in [0.15, 0.2) is 23.1 Å². The van der Waals surface area contributed by atoms with Gasteiger partial charge in [0.1, 0.15) is 0 Å². The zero-order chi connectivity index (χ0) is 9.26. The summed E-state index contributed by atoms with van der Waals surface area (Å²) in [4.78, 5) is 5.70. The van der Waals surface area contributed by atoms with Gasteiger partial charge in [-0.3, -0.25) is 0 Å². The number of hydrogen-bond acceptors (Lipinski definition) is 4. The number of nitrogens with zero attached hydrogens (tertiary/aromatic N) is 1. The maximum Gasteiger partial charge on any atom is 0.183 e. The number of thiazole rings is 1. The van der Waals surface area contributed by atoms with Gasteiger partial charge in [-0.15, -0.1) is 11.8 Å². The summed E-state index contributed by atoms with van der Waals surface area (Å²) in [7, 11) is 1.90. The summed E-state index contributed by atoms with van der Waals surface area (Å²) in [6.07, 6.45) is 2.08. The van der Waals surface area contributed by atoms with E-state index in [4.69, 9.17) is 0 Å². The fourth-order valence-electron chi connectivity index (χ4n) is 1.14. The van der Waals surface area contributed by atoms with E-state index in [0.717, 1.165) is 10.6 Å². The molecule has 68 valence electrons. The normalized spacial score (nSPS) is 10.6. The molecule has 1 N–H and O–H groups in total. The zero-order valence-electron chi connectivity index (χ0n) is 7.50. The van der Waals surface area contributed by atoms with Crippen molar-refractivity contribution < 1.29 is 0 Å². The van der Waals surface area contributed by atoms with Crippen LogP contribution in [-0.2, 0) is 0 Å². The highest BCUT2D eigenvalue weighted by molar-refractivity contribution is 7.98. The second-order valence-electron chi connectivity index (χ2n) is 2.60. The molecule has 0 unspecified atom stereocenters. The molecule has 2 aromatic rings. The van der Waals surface area contributed by atoms with E-state index in [-0.39, 0.29) is 0 Å². The summed E-state index contributed by atoms with van der Waals surface area (Å²) in [6.45, 7) is 0. The monoisotopic (exact) mass is 210 g/mol. The van der Waals surface area contributed by atoms with Gasteiger partial charge in [0.05, 0.1) is 10.2 Å². The first-order valence-electron chi connectivity index (χ1n) is 3.96. The first kappa shape index (κ1) is 8.84. The van der Waals surface area contributed by atoms with Gasteiger partial charge >= 0.3 is 0 Å². The largest absolute Gasteiger partial charge is 0.365 e.